The van der Waals surface area contributed by atoms with Gasteiger partial charge in [0.15, 0.2) is 0 Å². The van der Waals surface area contributed by atoms with E-state index in [9.17, 15) is 8.42 Å². The summed E-state index contributed by atoms with van der Waals surface area (Å²) in [5, 5.41) is 6.41. The molecule has 1 unspecified atom stereocenters. The number of benzene rings is 1. The second-order valence-electron chi connectivity index (χ2n) is 4.18. The quantitative estimate of drug-likeness (QED) is 0.760. The van der Waals surface area contributed by atoms with Gasteiger partial charge in [-0.1, -0.05) is 17.7 Å². The summed E-state index contributed by atoms with van der Waals surface area (Å²) in [7, 11) is -3.75. The number of nitrogens with one attached hydrogen (secondary N) is 2. The number of hydrogen-bond acceptors (Lipinski definition) is 5. The molecular formula is C11H14ClN5O2S. The molecule has 2 aromatic rings. The van der Waals surface area contributed by atoms with Crippen molar-refractivity contribution >= 4 is 21.6 Å². The lowest BCUT2D eigenvalue weighted by atomic mass is 10.2. The van der Waals surface area contributed by atoms with Gasteiger partial charge in [-0.15, -0.1) is 0 Å². The summed E-state index contributed by atoms with van der Waals surface area (Å²) in [5.74, 6) is 0.420. The minimum atomic E-state index is -3.75. The molecule has 1 aromatic carbocycles. The summed E-state index contributed by atoms with van der Waals surface area (Å²) in [6.07, 6.45) is 1.31. The lowest BCUT2D eigenvalue weighted by Gasteiger charge is -2.13. The van der Waals surface area contributed by atoms with Gasteiger partial charge in [0.05, 0.1) is 11.1 Å². The Labute approximate surface area is 121 Å². The van der Waals surface area contributed by atoms with E-state index < -0.39 is 16.1 Å². The normalized spacial score (nSPS) is 13.3. The molecular weight excluding hydrogens is 302 g/mol. The number of rotatable bonds is 5. The lowest BCUT2D eigenvalue weighted by molar-refractivity contribution is 0.560. The first-order valence-electron chi connectivity index (χ1n) is 5.80. The van der Waals surface area contributed by atoms with E-state index in [1.165, 1.54) is 18.5 Å². The smallest absolute Gasteiger partial charge is 0.242 e. The van der Waals surface area contributed by atoms with Gasteiger partial charge in [-0.2, -0.15) is 5.10 Å². The van der Waals surface area contributed by atoms with E-state index in [4.69, 9.17) is 17.3 Å². The molecule has 1 aromatic heterocycles. The van der Waals surface area contributed by atoms with Crippen LogP contribution in [0.4, 0.5) is 0 Å². The fraction of sp³-hybridized carbons (Fsp3) is 0.273. The maximum atomic E-state index is 12.3. The first-order chi connectivity index (χ1) is 9.44. The predicted molar refractivity (Wildman–Crippen MR) is 74.5 cm³/mol. The molecule has 0 aliphatic carbocycles. The molecule has 4 N–H and O–H groups in total. The Morgan fingerprint density at radius 1 is 1.50 bits per heavy atom. The van der Waals surface area contributed by atoms with Crippen LogP contribution in [0.3, 0.4) is 0 Å². The molecule has 20 heavy (non-hydrogen) atoms. The molecule has 9 heteroatoms. The number of halogens is 1. The van der Waals surface area contributed by atoms with Crippen LogP contribution in [-0.2, 0) is 16.6 Å². The molecule has 0 aliphatic heterocycles. The molecule has 0 radical (unpaired) electrons. The van der Waals surface area contributed by atoms with Crippen LogP contribution < -0.4 is 10.5 Å². The van der Waals surface area contributed by atoms with E-state index in [1.54, 1.807) is 13.0 Å². The topological polar surface area (TPSA) is 114 Å². The minimum absolute atomic E-state index is 0.00253. The van der Waals surface area contributed by atoms with Crippen molar-refractivity contribution in [1.29, 1.82) is 0 Å². The Morgan fingerprint density at radius 2 is 2.25 bits per heavy atom. The van der Waals surface area contributed by atoms with Crippen molar-refractivity contribution in [2.24, 2.45) is 5.73 Å². The number of aromatic nitrogens is 3. The Bertz CT molecular complexity index is 687. The molecule has 1 heterocycles. The fourth-order valence-electron chi connectivity index (χ4n) is 1.66. The maximum absolute atomic E-state index is 12.3. The van der Waals surface area contributed by atoms with Crippen molar-refractivity contribution in [3.05, 3.63) is 40.9 Å². The molecule has 2 rings (SSSR count). The largest absolute Gasteiger partial charge is 0.326 e. The van der Waals surface area contributed by atoms with Gasteiger partial charge in [0, 0.05) is 6.54 Å². The molecule has 0 saturated heterocycles. The van der Waals surface area contributed by atoms with Gasteiger partial charge in [0.1, 0.15) is 17.0 Å². The predicted octanol–water partition coefficient (Wildman–Crippen LogP) is 0.956. The highest BCUT2D eigenvalue weighted by molar-refractivity contribution is 7.89. The van der Waals surface area contributed by atoms with Gasteiger partial charge in [-0.05, 0) is 24.6 Å². The molecule has 7 nitrogen and oxygen atoms in total. The van der Waals surface area contributed by atoms with E-state index in [2.05, 4.69) is 19.9 Å². The summed E-state index contributed by atoms with van der Waals surface area (Å²) < 4.78 is 27.0. The van der Waals surface area contributed by atoms with Crippen LogP contribution in [-0.4, -0.2) is 23.6 Å². The van der Waals surface area contributed by atoms with Gasteiger partial charge >= 0.3 is 0 Å². The van der Waals surface area contributed by atoms with Crippen LogP contribution in [0.2, 0.25) is 5.02 Å². The zero-order chi connectivity index (χ0) is 14.8. The SMILES string of the molecule is CC(NS(=O)(=O)c1ccc(CN)cc1Cl)c1ncn[nH]1. The third-order valence-corrected chi connectivity index (χ3v) is 4.72. The molecule has 0 spiro atoms. The monoisotopic (exact) mass is 315 g/mol. The van der Waals surface area contributed by atoms with Gasteiger partial charge in [-0.3, -0.25) is 5.10 Å². The Morgan fingerprint density at radius 3 is 2.80 bits per heavy atom. The standard InChI is InChI=1S/C11H14ClN5O2S/c1-7(11-14-6-15-16-11)17-20(18,19)10-3-2-8(5-13)4-9(10)12/h2-4,6-7,17H,5,13H2,1H3,(H,14,15,16). The molecule has 0 bridgehead atoms. The van der Waals surface area contributed by atoms with Crippen molar-refractivity contribution < 1.29 is 8.42 Å². The Hall–Kier alpha value is -1.48. The van der Waals surface area contributed by atoms with Crippen molar-refractivity contribution in [3.8, 4) is 0 Å². The molecule has 0 aliphatic rings. The Kier molecular flexibility index (Phi) is 4.39. The average Bonchev–Trinajstić information content (AvgIpc) is 2.91. The number of hydrogen-bond donors (Lipinski definition) is 3. The van der Waals surface area contributed by atoms with Crippen LogP contribution >= 0.6 is 11.6 Å². The van der Waals surface area contributed by atoms with E-state index in [1.807, 2.05) is 0 Å². The highest BCUT2D eigenvalue weighted by atomic mass is 35.5. The van der Waals surface area contributed by atoms with Crippen molar-refractivity contribution in [3.63, 3.8) is 0 Å². The molecule has 0 amide bonds. The maximum Gasteiger partial charge on any atom is 0.242 e. The van der Waals surface area contributed by atoms with Crippen molar-refractivity contribution in [1.82, 2.24) is 19.9 Å². The van der Waals surface area contributed by atoms with E-state index in [-0.39, 0.29) is 9.92 Å². The number of aromatic amines is 1. The van der Waals surface area contributed by atoms with Gasteiger partial charge in [0.25, 0.3) is 0 Å². The Balaban J connectivity index is 2.27. The number of nitrogens with zero attached hydrogens (tertiary/aromatic N) is 2. The summed E-state index contributed by atoms with van der Waals surface area (Å²) >= 11 is 5.99. The van der Waals surface area contributed by atoms with Crippen LogP contribution in [0.25, 0.3) is 0 Å². The van der Waals surface area contributed by atoms with Gasteiger partial charge in [-0.25, -0.2) is 18.1 Å². The lowest BCUT2D eigenvalue weighted by Crippen LogP contribution is -2.28. The number of sulfonamides is 1. The van der Waals surface area contributed by atoms with Crippen molar-refractivity contribution in [2.45, 2.75) is 24.4 Å². The van der Waals surface area contributed by atoms with Crippen LogP contribution in [0.1, 0.15) is 24.4 Å². The van der Waals surface area contributed by atoms with Crippen LogP contribution in [0.15, 0.2) is 29.4 Å². The van der Waals surface area contributed by atoms with Gasteiger partial charge < -0.3 is 5.73 Å². The molecule has 0 fully saturated rings. The molecule has 108 valence electrons. The van der Waals surface area contributed by atoms with Gasteiger partial charge in [0.2, 0.25) is 10.0 Å². The van der Waals surface area contributed by atoms with E-state index >= 15 is 0 Å². The molecule has 1 atom stereocenters. The zero-order valence-electron chi connectivity index (χ0n) is 10.7. The summed E-state index contributed by atoms with van der Waals surface area (Å²) in [6, 6.07) is 4.04. The second-order valence-corrected chi connectivity index (χ2v) is 6.27. The van der Waals surface area contributed by atoms with Crippen LogP contribution in [0, 0.1) is 0 Å². The van der Waals surface area contributed by atoms with E-state index in [0.717, 1.165) is 5.56 Å². The first kappa shape index (κ1) is 14.9. The third kappa shape index (κ3) is 3.15. The first-order valence-corrected chi connectivity index (χ1v) is 7.66. The third-order valence-electron chi connectivity index (χ3n) is 2.70. The second kappa shape index (κ2) is 5.88. The summed E-state index contributed by atoms with van der Waals surface area (Å²) in [4.78, 5) is 3.90. The zero-order valence-corrected chi connectivity index (χ0v) is 12.2. The van der Waals surface area contributed by atoms with Crippen molar-refractivity contribution in [2.75, 3.05) is 0 Å². The fourth-order valence-corrected chi connectivity index (χ4v) is 3.44. The average molecular weight is 316 g/mol. The minimum Gasteiger partial charge on any atom is -0.326 e. The molecule has 0 saturated carbocycles. The number of H-pyrrole nitrogens is 1. The highest BCUT2D eigenvalue weighted by Crippen LogP contribution is 2.23. The summed E-state index contributed by atoms with van der Waals surface area (Å²) in [6.45, 7) is 1.95. The van der Waals surface area contributed by atoms with Crippen LogP contribution in [0.5, 0.6) is 0 Å². The van der Waals surface area contributed by atoms with E-state index in [0.29, 0.717) is 12.4 Å². The summed E-state index contributed by atoms with van der Waals surface area (Å²) in [5.41, 5.74) is 6.24. The number of nitrogens with two attached hydrogens (primary N) is 1. The highest BCUT2D eigenvalue weighted by Gasteiger charge is 2.22.